The van der Waals surface area contributed by atoms with Crippen molar-refractivity contribution in [2.45, 2.75) is 122 Å². The summed E-state index contributed by atoms with van der Waals surface area (Å²) in [5, 5.41) is 6.55. The van der Waals surface area contributed by atoms with Gasteiger partial charge in [-0.25, -0.2) is 22.5 Å². The zero-order valence-electron chi connectivity index (χ0n) is 34.7. The van der Waals surface area contributed by atoms with Crippen LogP contribution in [0.1, 0.15) is 77.7 Å². The van der Waals surface area contributed by atoms with Gasteiger partial charge in [0.2, 0.25) is 17.7 Å². The molecule has 0 spiro atoms. The van der Waals surface area contributed by atoms with E-state index in [4.69, 9.17) is 4.98 Å². The Morgan fingerprint density at radius 2 is 1.53 bits per heavy atom. The molecule has 4 aromatic rings. The fraction of sp³-hybridized carbons (Fsp3) is 0.578. The number of amides is 3. The number of carbonyl (C=O) groups is 4. The van der Waals surface area contributed by atoms with Gasteiger partial charge in [-0.3, -0.25) is 19.2 Å². The normalized spacial score (nSPS) is 23.9. The van der Waals surface area contributed by atoms with Crippen molar-refractivity contribution in [1.29, 1.82) is 0 Å². The third kappa shape index (κ3) is 8.42. The Labute approximate surface area is 347 Å². The number of aromatic amines is 1. The molecule has 4 fully saturated rings. The highest BCUT2D eigenvalue weighted by Gasteiger charge is 2.46. The molecular weight excluding hydrogens is 779 g/mol. The lowest BCUT2D eigenvalue weighted by molar-refractivity contribution is -0.140. The summed E-state index contributed by atoms with van der Waals surface area (Å²) in [6, 6.07) is 6.03. The zero-order chi connectivity index (χ0) is 42.6. The number of likely N-dealkylation sites (tertiary alicyclic amines) is 2. The van der Waals surface area contributed by atoms with Crippen LogP contribution < -0.4 is 10.6 Å². The zero-order valence-corrected chi connectivity index (χ0v) is 34.7. The fourth-order valence-corrected chi connectivity index (χ4v) is 9.37. The molecule has 2 aliphatic heterocycles. The lowest BCUT2D eigenvalue weighted by Gasteiger charge is -2.30. The van der Waals surface area contributed by atoms with E-state index in [0.29, 0.717) is 45.4 Å². The maximum absolute atomic E-state index is 15.5. The van der Waals surface area contributed by atoms with Gasteiger partial charge in [-0.1, -0.05) is 13.8 Å². The van der Waals surface area contributed by atoms with Crippen LogP contribution in [0.25, 0.3) is 33.5 Å². The number of rotatable bonds is 16. The van der Waals surface area contributed by atoms with Gasteiger partial charge in [0.1, 0.15) is 35.8 Å². The first kappa shape index (κ1) is 41.9. The highest BCUT2D eigenvalue weighted by atomic mass is 19.1. The number of Topliss-reactive ketones (excluding diaryl/α,β-unsaturated/α-hetero) is 1. The number of likely N-dealkylation sites (N-methyl/N-ethyl adjacent to an activating group) is 1. The first-order chi connectivity index (χ1) is 28.7. The number of H-pyrrole nitrogens is 1. The van der Waals surface area contributed by atoms with Crippen LogP contribution in [0.4, 0.5) is 17.6 Å². The molecule has 2 aliphatic carbocycles. The molecule has 2 aromatic carbocycles. The van der Waals surface area contributed by atoms with E-state index in [2.05, 4.69) is 15.6 Å². The van der Waals surface area contributed by atoms with Crippen molar-refractivity contribution in [3.63, 3.8) is 0 Å². The number of fused-ring (bicyclic) bond motifs is 2. The lowest BCUT2D eigenvalue weighted by atomic mass is 9.92. The predicted octanol–water partition coefficient (Wildman–Crippen LogP) is 6.42. The number of imidazole rings is 1. The molecule has 0 unspecified atom stereocenters. The third-order valence-electron chi connectivity index (χ3n) is 13.5. The number of hydrogen-bond acceptors (Lipinski definition) is 6. The van der Waals surface area contributed by atoms with Crippen LogP contribution in [0.3, 0.4) is 0 Å². The number of alkyl halides is 2. The molecule has 11 nitrogen and oxygen atoms in total. The molecule has 4 heterocycles. The summed E-state index contributed by atoms with van der Waals surface area (Å²) < 4.78 is 62.5. The smallest absolute Gasteiger partial charge is 0.245 e. The van der Waals surface area contributed by atoms with Gasteiger partial charge in [-0.05, 0) is 100 Å². The Kier molecular flexibility index (Phi) is 11.8. The highest BCUT2D eigenvalue weighted by Crippen LogP contribution is 2.43. The van der Waals surface area contributed by atoms with Crippen molar-refractivity contribution in [3.05, 3.63) is 53.6 Å². The van der Waals surface area contributed by atoms with Crippen LogP contribution >= 0.6 is 0 Å². The minimum Gasteiger partial charge on any atom is -0.352 e. The molecule has 0 radical (unpaired) electrons. The molecule has 3 N–H and O–H groups in total. The predicted molar refractivity (Wildman–Crippen MR) is 219 cm³/mol. The van der Waals surface area contributed by atoms with Crippen molar-refractivity contribution >= 4 is 45.4 Å². The summed E-state index contributed by atoms with van der Waals surface area (Å²) in [4.78, 5) is 66.0. The van der Waals surface area contributed by atoms with Crippen molar-refractivity contribution in [2.24, 2.45) is 23.7 Å². The number of carbonyl (C=O) groups excluding carboxylic acids is 4. The second-order valence-corrected chi connectivity index (χ2v) is 17.8. The molecule has 2 saturated heterocycles. The number of nitrogens with one attached hydrogen (secondary N) is 3. The van der Waals surface area contributed by atoms with E-state index in [1.54, 1.807) is 37.9 Å². The van der Waals surface area contributed by atoms with Gasteiger partial charge in [0, 0.05) is 60.7 Å². The Morgan fingerprint density at radius 3 is 2.20 bits per heavy atom. The second kappa shape index (κ2) is 16.9. The van der Waals surface area contributed by atoms with Gasteiger partial charge in [0.25, 0.3) is 0 Å². The van der Waals surface area contributed by atoms with Gasteiger partial charge in [-0.15, -0.1) is 0 Å². The molecule has 15 heteroatoms. The van der Waals surface area contributed by atoms with Crippen molar-refractivity contribution in [2.75, 3.05) is 20.1 Å². The maximum atomic E-state index is 15.5. The van der Waals surface area contributed by atoms with Crippen molar-refractivity contribution in [1.82, 2.24) is 35.0 Å². The molecular formula is C45H55F4N7O4. The van der Waals surface area contributed by atoms with Crippen LogP contribution in [0.15, 0.2) is 36.4 Å². The number of nitrogens with zero attached hydrogens (tertiary/aromatic N) is 4. The third-order valence-corrected chi connectivity index (χ3v) is 13.5. The van der Waals surface area contributed by atoms with Crippen LogP contribution in [0.2, 0.25) is 0 Å². The Balaban J connectivity index is 1.16. The van der Waals surface area contributed by atoms with E-state index in [1.807, 2.05) is 11.5 Å². The molecule has 8 rings (SSSR count). The summed E-state index contributed by atoms with van der Waals surface area (Å²) in [6.45, 7) is 5.29. The Morgan fingerprint density at radius 1 is 0.883 bits per heavy atom. The quantitative estimate of drug-likeness (QED) is 0.112. The fourth-order valence-electron chi connectivity index (χ4n) is 9.37. The maximum Gasteiger partial charge on any atom is 0.245 e. The first-order valence-electron chi connectivity index (χ1n) is 21.6. The highest BCUT2D eigenvalue weighted by molar-refractivity contribution is 5.93. The van der Waals surface area contributed by atoms with E-state index >= 15 is 8.78 Å². The van der Waals surface area contributed by atoms with Crippen LogP contribution in [-0.2, 0) is 32.1 Å². The van der Waals surface area contributed by atoms with E-state index in [0.717, 1.165) is 25.7 Å². The summed E-state index contributed by atoms with van der Waals surface area (Å²) in [7, 11) is 1.69. The lowest BCUT2D eigenvalue weighted by Crippen LogP contribution is -2.52. The van der Waals surface area contributed by atoms with E-state index in [-0.39, 0.29) is 86.6 Å². The molecule has 8 atom stereocenters. The largest absolute Gasteiger partial charge is 0.352 e. The van der Waals surface area contributed by atoms with Gasteiger partial charge >= 0.3 is 0 Å². The van der Waals surface area contributed by atoms with Crippen LogP contribution in [0, 0.1) is 35.3 Å². The SMILES string of the molecule is CC[C@@H](C)C(=O)N[C@H](C(=O)N1C[C@@H](F)C[C@H]1Cn1c(-c2[nH]c3cc(F)ccc3c2C[C@@H]2C[C@H](F)CN2C(=O)[C@@H](CC(=O)[C@H](C)NC)C2CC2)nc2cc(F)ccc21)C1CC1. The molecule has 322 valence electrons. The monoisotopic (exact) mass is 833 g/mol. The summed E-state index contributed by atoms with van der Waals surface area (Å²) in [5.41, 5.74) is 2.36. The first-order valence-corrected chi connectivity index (χ1v) is 21.6. The van der Waals surface area contributed by atoms with E-state index < -0.39 is 54.1 Å². The molecule has 3 amide bonds. The van der Waals surface area contributed by atoms with E-state index in [1.165, 1.54) is 29.2 Å². The number of hydrogen-bond donors (Lipinski definition) is 3. The number of ketones is 1. The van der Waals surface area contributed by atoms with Crippen molar-refractivity contribution in [3.8, 4) is 11.5 Å². The van der Waals surface area contributed by atoms with Crippen LogP contribution in [-0.4, -0.2) is 104 Å². The van der Waals surface area contributed by atoms with Gasteiger partial charge in [-0.2, -0.15) is 0 Å². The summed E-state index contributed by atoms with van der Waals surface area (Å²) >= 11 is 0. The average Bonchev–Trinajstić information content (AvgIpc) is 4.13. The minimum atomic E-state index is -1.32. The molecule has 4 aliphatic rings. The van der Waals surface area contributed by atoms with Gasteiger partial charge in [0.15, 0.2) is 5.82 Å². The molecule has 2 saturated carbocycles. The van der Waals surface area contributed by atoms with Crippen LogP contribution in [0.5, 0.6) is 0 Å². The van der Waals surface area contributed by atoms with E-state index in [9.17, 15) is 28.0 Å². The second-order valence-electron chi connectivity index (χ2n) is 17.8. The molecule has 2 aromatic heterocycles. The van der Waals surface area contributed by atoms with Gasteiger partial charge < -0.3 is 30.0 Å². The summed E-state index contributed by atoms with van der Waals surface area (Å²) in [5.74, 6) is -2.39. The Bertz CT molecular complexity index is 2130. The van der Waals surface area contributed by atoms with Gasteiger partial charge in [0.05, 0.1) is 41.9 Å². The summed E-state index contributed by atoms with van der Waals surface area (Å²) in [6.07, 6.45) is 1.53. The number of aromatic nitrogens is 3. The Hall–Kier alpha value is -4.79. The van der Waals surface area contributed by atoms with Crippen molar-refractivity contribution < 1.29 is 36.7 Å². The number of benzene rings is 2. The average molecular weight is 834 g/mol. The molecule has 60 heavy (non-hydrogen) atoms. The standard InChI is InChI=1S/C45H55F4N7O4/c1-5-23(2)43(58)53-40(26-8-9-26)45(60)55-21-30(49)15-32(55)22-56-38-13-11-28(47)17-37(38)52-42(56)41-35(33-12-10-27(46)16-36(33)51-41)18-31-14-29(48)20-54(31)44(59)34(25-6-7-25)19-39(57)24(3)50-4/h10-13,16-17,23-26,29-32,34,40,50-51H,5-9,14-15,18-22H2,1-4H3,(H,53,58)/t23-,24+,29+,30+,31+,32+,34+,40+/m1/s1. The minimum absolute atomic E-state index is 0.0301. The topological polar surface area (TPSA) is 132 Å². The number of halogens is 4. The molecule has 0 bridgehead atoms.